The molecule has 1 N–H and O–H groups in total. The summed E-state index contributed by atoms with van der Waals surface area (Å²) in [5.41, 5.74) is 2.13. The van der Waals surface area contributed by atoms with Crippen LogP contribution in [0.3, 0.4) is 0 Å². The van der Waals surface area contributed by atoms with Gasteiger partial charge in [0.25, 0.3) is 0 Å². The molecule has 4 nitrogen and oxygen atoms in total. The molecule has 0 aromatic carbocycles. The molecule has 0 saturated carbocycles. The first-order valence-corrected chi connectivity index (χ1v) is 7.31. The summed E-state index contributed by atoms with van der Waals surface area (Å²) >= 11 is 0. The highest BCUT2D eigenvalue weighted by molar-refractivity contribution is 5.29. The minimum absolute atomic E-state index is 0.391. The average Bonchev–Trinajstić information content (AvgIpc) is 2.83. The summed E-state index contributed by atoms with van der Waals surface area (Å²) in [5.74, 6) is 1.77. The first kappa shape index (κ1) is 14.3. The molecular formula is C15H25N3O. The van der Waals surface area contributed by atoms with Crippen LogP contribution in [0, 0.1) is 12.8 Å². The minimum Gasteiger partial charge on any atom is -0.378 e. The van der Waals surface area contributed by atoms with Gasteiger partial charge in [-0.15, -0.1) is 0 Å². The molecule has 1 aliphatic heterocycles. The summed E-state index contributed by atoms with van der Waals surface area (Å²) in [6.45, 7) is 10.3. The smallest absolute Gasteiger partial charge is 0.223 e. The van der Waals surface area contributed by atoms with Gasteiger partial charge in [0.2, 0.25) is 5.95 Å². The maximum absolute atomic E-state index is 5.71. The van der Waals surface area contributed by atoms with E-state index in [4.69, 9.17) is 4.74 Å². The molecule has 2 atom stereocenters. The Labute approximate surface area is 116 Å². The molecule has 1 saturated heterocycles. The zero-order chi connectivity index (χ0) is 13.8. The molecule has 2 rings (SSSR count). The third-order valence-electron chi connectivity index (χ3n) is 3.74. The molecule has 2 heterocycles. The predicted molar refractivity (Wildman–Crippen MR) is 77.5 cm³/mol. The van der Waals surface area contributed by atoms with Crippen molar-refractivity contribution in [3.8, 4) is 0 Å². The standard InChI is InChI=1S/C15H25N3O/c1-5-14-12(6-7-19-14)9-16-15-17-11(4)8-13(18-15)10(2)3/h8,10,12,14H,5-7,9H2,1-4H3,(H,16,17,18). The monoisotopic (exact) mass is 263 g/mol. The number of hydrogen-bond acceptors (Lipinski definition) is 4. The van der Waals surface area contributed by atoms with Crippen molar-refractivity contribution in [1.29, 1.82) is 0 Å². The molecule has 1 aliphatic rings. The molecule has 19 heavy (non-hydrogen) atoms. The number of rotatable bonds is 5. The van der Waals surface area contributed by atoms with Gasteiger partial charge in [0.05, 0.1) is 6.10 Å². The topological polar surface area (TPSA) is 47.0 Å². The van der Waals surface area contributed by atoms with E-state index in [1.807, 2.05) is 6.92 Å². The van der Waals surface area contributed by atoms with Gasteiger partial charge < -0.3 is 10.1 Å². The SMILES string of the molecule is CCC1OCCC1CNc1nc(C)cc(C(C)C)n1. The molecule has 1 fully saturated rings. The van der Waals surface area contributed by atoms with Gasteiger partial charge in [0.1, 0.15) is 0 Å². The van der Waals surface area contributed by atoms with Gasteiger partial charge in [-0.3, -0.25) is 0 Å². The zero-order valence-electron chi connectivity index (χ0n) is 12.4. The third-order valence-corrected chi connectivity index (χ3v) is 3.74. The highest BCUT2D eigenvalue weighted by Crippen LogP contribution is 2.23. The van der Waals surface area contributed by atoms with E-state index in [1.54, 1.807) is 0 Å². The van der Waals surface area contributed by atoms with Crippen LogP contribution in [-0.2, 0) is 4.74 Å². The molecule has 0 amide bonds. The molecule has 0 bridgehead atoms. The number of nitrogens with one attached hydrogen (secondary N) is 1. The van der Waals surface area contributed by atoms with Gasteiger partial charge in [-0.1, -0.05) is 20.8 Å². The molecule has 106 valence electrons. The minimum atomic E-state index is 0.391. The van der Waals surface area contributed by atoms with Gasteiger partial charge in [0.15, 0.2) is 0 Å². The number of nitrogens with zero attached hydrogens (tertiary/aromatic N) is 2. The van der Waals surface area contributed by atoms with Gasteiger partial charge >= 0.3 is 0 Å². The van der Waals surface area contributed by atoms with Gasteiger partial charge in [-0.25, -0.2) is 9.97 Å². The molecule has 0 radical (unpaired) electrons. The van der Waals surface area contributed by atoms with Gasteiger partial charge in [0, 0.05) is 30.5 Å². The van der Waals surface area contributed by atoms with Crippen molar-refractivity contribution in [3.63, 3.8) is 0 Å². The second-order valence-electron chi connectivity index (χ2n) is 5.66. The average molecular weight is 263 g/mol. The molecule has 0 spiro atoms. The van der Waals surface area contributed by atoms with Crippen LogP contribution in [-0.4, -0.2) is 29.2 Å². The summed E-state index contributed by atoms with van der Waals surface area (Å²) in [7, 11) is 0. The summed E-state index contributed by atoms with van der Waals surface area (Å²) in [6.07, 6.45) is 2.61. The first-order valence-electron chi connectivity index (χ1n) is 7.31. The quantitative estimate of drug-likeness (QED) is 0.886. The number of hydrogen-bond donors (Lipinski definition) is 1. The number of aromatic nitrogens is 2. The van der Waals surface area contributed by atoms with E-state index in [2.05, 4.69) is 42.1 Å². The Hall–Kier alpha value is -1.16. The lowest BCUT2D eigenvalue weighted by Crippen LogP contribution is -2.23. The molecule has 1 aromatic rings. The van der Waals surface area contributed by atoms with Crippen LogP contribution >= 0.6 is 0 Å². The lowest BCUT2D eigenvalue weighted by atomic mass is 10.00. The van der Waals surface area contributed by atoms with Crippen LogP contribution in [0.1, 0.15) is 50.9 Å². The summed E-state index contributed by atoms with van der Waals surface area (Å²) in [6, 6.07) is 2.06. The van der Waals surface area contributed by atoms with E-state index in [-0.39, 0.29) is 0 Å². The fourth-order valence-electron chi connectivity index (χ4n) is 2.57. The van der Waals surface area contributed by atoms with Crippen LogP contribution in [0.2, 0.25) is 0 Å². The Morgan fingerprint density at radius 1 is 1.42 bits per heavy atom. The van der Waals surface area contributed by atoms with Crippen LogP contribution in [0.25, 0.3) is 0 Å². The molecule has 1 aromatic heterocycles. The van der Waals surface area contributed by atoms with Crippen molar-refractivity contribution in [3.05, 3.63) is 17.5 Å². The zero-order valence-corrected chi connectivity index (χ0v) is 12.4. The van der Waals surface area contributed by atoms with Crippen LogP contribution in [0.4, 0.5) is 5.95 Å². The van der Waals surface area contributed by atoms with Crippen molar-refractivity contribution < 1.29 is 4.74 Å². The van der Waals surface area contributed by atoms with E-state index >= 15 is 0 Å². The van der Waals surface area contributed by atoms with Crippen molar-refractivity contribution in [2.75, 3.05) is 18.5 Å². The second kappa shape index (κ2) is 6.33. The predicted octanol–water partition coefficient (Wildman–Crippen LogP) is 3.14. The van der Waals surface area contributed by atoms with Crippen molar-refractivity contribution in [2.45, 2.75) is 52.6 Å². The second-order valence-corrected chi connectivity index (χ2v) is 5.66. The lowest BCUT2D eigenvalue weighted by Gasteiger charge is -2.17. The maximum Gasteiger partial charge on any atom is 0.223 e. The Balaban J connectivity index is 1.99. The molecule has 0 aliphatic carbocycles. The van der Waals surface area contributed by atoms with Crippen LogP contribution in [0.5, 0.6) is 0 Å². The van der Waals surface area contributed by atoms with E-state index in [9.17, 15) is 0 Å². The number of aryl methyl sites for hydroxylation is 1. The van der Waals surface area contributed by atoms with E-state index in [1.165, 1.54) is 0 Å². The van der Waals surface area contributed by atoms with Crippen molar-refractivity contribution in [1.82, 2.24) is 9.97 Å². The summed E-state index contributed by atoms with van der Waals surface area (Å²) < 4.78 is 5.71. The lowest BCUT2D eigenvalue weighted by molar-refractivity contribution is 0.0900. The Morgan fingerprint density at radius 3 is 2.89 bits per heavy atom. The Bertz CT molecular complexity index is 420. The van der Waals surface area contributed by atoms with Crippen molar-refractivity contribution in [2.24, 2.45) is 5.92 Å². The van der Waals surface area contributed by atoms with E-state index in [0.717, 1.165) is 43.3 Å². The molecular weight excluding hydrogens is 238 g/mol. The van der Waals surface area contributed by atoms with E-state index in [0.29, 0.717) is 17.9 Å². The van der Waals surface area contributed by atoms with Crippen molar-refractivity contribution >= 4 is 5.95 Å². The highest BCUT2D eigenvalue weighted by atomic mass is 16.5. The largest absolute Gasteiger partial charge is 0.378 e. The molecule has 4 heteroatoms. The highest BCUT2D eigenvalue weighted by Gasteiger charge is 2.26. The van der Waals surface area contributed by atoms with Crippen LogP contribution in [0.15, 0.2) is 6.07 Å². The third kappa shape index (κ3) is 3.66. The summed E-state index contributed by atoms with van der Waals surface area (Å²) in [4.78, 5) is 9.05. The Morgan fingerprint density at radius 2 is 2.21 bits per heavy atom. The number of ether oxygens (including phenoxy) is 1. The maximum atomic E-state index is 5.71. The van der Waals surface area contributed by atoms with Gasteiger partial charge in [-0.05, 0) is 31.7 Å². The van der Waals surface area contributed by atoms with Gasteiger partial charge in [-0.2, -0.15) is 0 Å². The van der Waals surface area contributed by atoms with E-state index < -0.39 is 0 Å². The summed E-state index contributed by atoms with van der Waals surface area (Å²) in [5, 5.41) is 3.38. The normalized spacial score (nSPS) is 23.0. The first-order chi connectivity index (χ1) is 9.10. The number of anilines is 1. The fourth-order valence-corrected chi connectivity index (χ4v) is 2.57. The molecule has 2 unspecified atom stereocenters. The Kier molecular flexibility index (Phi) is 4.75. The fraction of sp³-hybridized carbons (Fsp3) is 0.733. The van der Waals surface area contributed by atoms with Crippen LogP contribution < -0.4 is 5.32 Å².